The Morgan fingerprint density at radius 3 is 2.60 bits per heavy atom. The fraction of sp³-hybridized carbons (Fsp3) is 0.0556. The third-order valence-electron chi connectivity index (χ3n) is 3.69. The van der Waals surface area contributed by atoms with E-state index >= 15 is 0 Å². The molecule has 2 aliphatic rings. The van der Waals surface area contributed by atoms with E-state index in [1.54, 1.807) is 30.3 Å². The molecule has 4 rings (SSSR count). The van der Waals surface area contributed by atoms with Crippen LogP contribution >= 0.6 is 0 Å². The van der Waals surface area contributed by atoms with Crippen molar-refractivity contribution >= 4 is 23.9 Å². The number of carbonyl (C=O) groups excluding carboxylic acids is 2. The predicted molar refractivity (Wildman–Crippen MR) is 83.9 cm³/mol. The molecule has 0 aromatic heterocycles. The molecule has 0 radical (unpaired) electrons. The summed E-state index contributed by atoms with van der Waals surface area (Å²) in [5, 5.41) is 10.7. The summed E-state index contributed by atoms with van der Waals surface area (Å²) in [7, 11) is 0. The predicted octanol–water partition coefficient (Wildman–Crippen LogP) is 1.12. The zero-order chi connectivity index (χ0) is 17.4. The number of benzene rings is 2. The number of carbonyl (C=O) groups is 2. The maximum Gasteiger partial charge on any atom is 0.363 e. The minimum Gasteiger partial charge on any atom is -0.545 e. The van der Waals surface area contributed by atoms with E-state index < -0.39 is 11.9 Å². The molecule has 0 aliphatic carbocycles. The summed E-state index contributed by atoms with van der Waals surface area (Å²) in [5.74, 6) is -0.496. The largest absolute Gasteiger partial charge is 0.545 e. The zero-order valence-electron chi connectivity index (χ0n) is 12.7. The fourth-order valence-electron chi connectivity index (χ4n) is 2.44. The van der Waals surface area contributed by atoms with Crippen molar-refractivity contribution in [2.75, 3.05) is 6.79 Å². The molecular weight excluding hydrogens is 326 g/mol. The van der Waals surface area contributed by atoms with Gasteiger partial charge < -0.3 is 24.1 Å². The van der Waals surface area contributed by atoms with Crippen LogP contribution in [0.4, 0.5) is 0 Å². The van der Waals surface area contributed by atoms with Crippen molar-refractivity contribution in [1.29, 1.82) is 0 Å². The molecule has 0 atom stereocenters. The van der Waals surface area contributed by atoms with Gasteiger partial charge in [0.15, 0.2) is 17.2 Å². The molecule has 25 heavy (non-hydrogen) atoms. The van der Waals surface area contributed by atoms with Crippen molar-refractivity contribution in [3.63, 3.8) is 0 Å². The lowest BCUT2D eigenvalue weighted by atomic mass is 10.1. The molecule has 2 aromatic carbocycles. The molecule has 0 fully saturated rings. The van der Waals surface area contributed by atoms with Gasteiger partial charge in [0.25, 0.3) is 0 Å². The van der Waals surface area contributed by atoms with Gasteiger partial charge in [0.05, 0.1) is 5.97 Å². The maximum atomic E-state index is 12.0. The standard InChI is InChI=1S/C18H11NO6/c20-17(21)11-3-1-10(2-4-11)7-13-18(22)25-16(19-13)12-5-6-14-15(8-12)24-9-23-14/h1-8H,9H2,(H,20,21)/p-1/b13-7-. The van der Waals surface area contributed by atoms with E-state index in [-0.39, 0.29) is 24.0 Å². The first kappa shape index (κ1) is 14.9. The van der Waals surface area contributed by atoms with Crippen LogP contribution in [0.15, 0.2) is 53.2 Å². The average molecular weight is 336 g/mol. The van der Waals surface area contributed by atoms with Crippen LogP contribution in [0.25, 0.3) is 6.08 Å². The molecular formula is C18H10NO6-. The Morgan fingerprint density at radius 1 is 1.08 bits per heavy atom. The fourth-order valence-corrected chi connectivity index (χ4v) is 2.44. The van der Waals surface area contributed by atoms with Crippen LogP contribution in [0.3, 0.4) is 0 Å². The first-order valence-corrected chi connectivity index (χ1v) is 7.34. The summed E-state index contributed by atoms with van der Waals surface area (Å²) in [6.07, 6.45) is 1.52. The SMILES string of the molecule is O=C1OC(c2ccc3c(c2)OCO3)=N/C1=C\c1ccc(C(=O)[O-])cc1. The molecule has 124 valence electrons. The number of cyclic esters (lactones) is 1. The van der Waals surface area contributed by atoms with Crippen LogP contribution < -0.4 is 14.6 Å². The van der Waals surface area contributed by atoms with Crippen molar-refractivity contribution in [2.24, 2.45) is 4.99 Å². The maximum absolute atomic E-state index is 12.0. The van der Waals surface area contributed by atoms with Crippen molar-refractivity contribution in [3.8, 4) is 11.5 Å². The third-order valence-corrected chi connectivity index (χ3v) is 3.69. The smallest absolute Gasteiger partial charge is 0.363 e. The molecule has 0 spiro atoms. The van der Waals surface area contributed by atoms with E-state index in [0.29, 0.717) is 22.6 Å². The van der Waals surface area contributed by atoms with Crippen molar-refractivity contribution in [1.82, 2.24) is 0 Å². The molecule has 0 bridgehead atoms. The molecule has 0 saturated heterocycles. The summed E-state index contributed by atoms with van der Waals surface area (Å²) < 4.78 is 15.7. The number of esters is 1. The molecule has 0 N–H and O–H groups in total. The topological polar surface area (TPSA) is 97.2 Å². The molecule has 2 aromatic rings. The van der Waals surface area contributed by atoms with Gasteiger partial charge in [-0.2, -0.15) is 0 Å². The highest BCUT2D eigenvalue weighted by Gasteiger charge is 2.25. The number of ether oxygens (including phenoxy) is 3. The zero-order valence-corrected chi connectivity index (χ0v) is 12.7. The van der Waals surface area contributed by atoms with Crippen LogP contribution in [0.2, 0.25) is 0 Å². The lowest BCUT2D eigenvalue weighted by Gasteiger charge is -2.01. The van der Waals surface area contributed by atoms with Gasteiger partial charge in [-0.05, 0) is 35.4 Å². The van der Waals surface area contributed by atoms with Gasteiger partial charge in [0.2, 0.25) is 12.7 Å². The van der Waals surface area contributed by atoms with Crippen LogP contribution in [-0.2, 0) is 9.53 Å². The number of carboxylic acid groups (broad SMARTS) is 1. The second-order valence-electron chi connectivity index (χ2n) is 5.31. The summed E-state index contributed by atoms with van der Waals surface area (Å²) >= 11 is 0. The van der Waals surface area contributed by atoms with Gasteiger partial charge in [-0.1, -0.05) is 24.3 Å². The number of aromatic carboxylic acids is 1. The minimum atomic E-state index is -1.26. The van der Waals surface area contributed by atoms with Crippen LogP contribution in [0, 0.1) is 0 Å². The quantitative estimate of drug-likeness (QED) is 0.615. The molecule has 2 heterocycles. The van der Waals surface area contributed by atoms with Crippen LogP contribution in [0.5, 0.6) is 11.5 Å². The van der Waals surface area contributed by atoms with Gasteiger partial charge in [-0.15, -0.1) is 0 Å². The summed E-state index contributed by atoms with van der Waals surface area (Å²) in [4.78, 5) is 27.0. The molecule has 0 saturated carbocycles. The van der Waals surface area contributed by atoms with Gasteiger partial charge in [0.1, 0.15) is 0 Å². The first-order chi connectivity index (χ1) is 12.1. The van der Waals surface area contributed by atoms with Gasteiger partial charge in [-0.25, -0.2) is 9.79 Å². The number of rotatable bonds is 3. The highest BCUT2D eigenvalue weighted by atomic mass is 16.7. The Morgan fingerprint density at radius 2 is 1.84 bits per heavy atom. The highest BCUT2D eigenvalue weighted by molar-refractivity contribution is 6.13. The molecule has 7 nitrogen and oxygen atoms in total. The average Bonchev–Trinajstić information content (AvgIpc) is 3.21. The highest BCUT2D eigenvalue weighted by Crippen LogP contribution is 2.33. The summed E-state index contributed by atoms with van der Waals surface area (Å²) in [5.41, 5.74) is 1.38. The van der Waals surface area contributed by atoms with Crippen LogP contribution in [-0.4, -0.2) is 24.6 Å². The Hall–Kier alpha value is -3.61. The molecule has 2 aliphatic heterocycles. The Bertz CT molecular complexity index is 943. The van der Waals surface area contributed by atoms with Crippen LogP contribution in [0.1, 0.15) is 21.5 Å². The molecule has 7 heteroatoms. The van der Waals surface area contributed by atoms with Crippen molar-refractivity contribution in [3.05, 3.63) is 64.9 Å². The normalized spacial score (nSPS) is 16.7. The summed E-state index contributed by atoms with van der Waals surface area (Å²) in [6, 6.07) is 11.0. The Labute approximate surface area is 141 Å². The number of hydrogen-bond donors (Lipinski definition) is 0. The van der Waals surface area contributed by atoms with Crippen molar-refractivity contribution < 1.29 is 28.9 Å². The van der Waals surface area contributed by atoms with Gasteiger partial charge in [0, 0.05) is 5.56 Å². The molecule has 0 amide bonds. The lowest BCUT2D eigenvalue weighted by Crippen LogP contribution is -2.21. The number of fused-ring (bicyclic) bond motifs is 1. The van der Waals surface area contributed by atoms with E-state index in [1.807, 2.05) is 0 Å². The first-order valence-electron chi connectivity index (χ1n) is 7.34. The van der Waals surface area contributed by atoms with Gasteiger partial charge in [-0.3, -0.25) is 0 Å². The minimum absolute atomic E-state index is 0.0562. The Kier molecular flexibility index (Phi) is 3.46. The summed E-state index contributed by atoms with van der Waals surface area (Å²) in [6.45, 7) is 0.151. The van der Waals surface area contributed by atoms with E-state index in [0.717, 1.165) is 0 Å². The second-order valence-corrected chi connectivity index (χ2v) is 5.31. The Balaban J connectivity index is 1.62. The third kappa shape index (κ3) is 2.83. The number of hydrogen-bond acceptors (Lipinski definition) is 7. The van der Waals surface area contributed by atoms with Crippen molar-refractivity contribution in [2.45, 2.75) is 0 Å². The van der Waals surface area contributed by atoms with E-state index in [1.165, 1.54) is 18.2 Å². The van der Waals surface area contributed by atoms with Gasteiger partial charge >= 0.3 is 5.97 Å². The lowest BCUT2D eigenvalue weighted by molar-refractivity contribution is -0.255. The number of aliphatic imine (C=N–C) groups is 1. The van der Waals surface area contributed by atoms with E-state index in [9.17, 15) is 14.7 Å². The van der Waals surface area contributed by atoms with E-state index in [4.69, 9.17) is 14.2 Å². The number of carboxylic acids is 1. The number of nitrogens with zero attached hydrogens (tertiary/aromatic N) is 1. The van der Waals surface area contributed by atoms with E-state index in [2.05, 4.69) is 4.99 Å². The second kappa shape index (κ2) is 5.79. The molecule has 0 unspecified atom stereocenters. The monoisotopic (exact) mass is 336 g/mol.